The van der Waals surface area contributed by atoms with Gasteiger partial charge in [0, 0.05) is 32.7 Å². The van der Waals surface area contributed by atoms with Crippen molar-refractivity contribution >= 4 is 5.91 Å². The molecule has 1 amide bonds. The number of aliphatic hydroxyl groups excluding tert-OH is 1. The molecule has 0 aliphatic carbocycles. The highest BCUT2D eigenvalue weighted by Gasteiger charge is 2.34. The van der Waals surface area contributed by atoms with Gasteiger partial charge in [0.25, 0.3) is 0 Å². The van der Waals surface area contributed by atoms with Gasteiger partial charge in [-0.15, -0.1) is 0 Å². The molecule has 1 aromatic carbocycles. The number of nitrogens with zero attached hydrogens (tertiary/aromatic N) is 2. The van der Waals surface area contributed by atoms with E-state index in [-0.39, 0.29) is 12.0 Å². The number of primary amides is 1. The summed E-state index contributed by atoms with van der Waals surface area (Å²) in [5.41, 5.74) is 6.02. The molecule has 1 aromatic rings. The molecule has 5 nitrogen and oxygen atoms in total. The smallest absolute Gasteiger partial charge is 0.237 e. The average Bonchev–Trinajstić information content (AvgIpc) is 2.48. The Balaban J connectivity index is 1.79. The Bertz CT molecular complexity index is 482. The third kappa shape index (κ3) is 4.29. The molecule has 1 heterocycles. The molecule has 1 aliphatic rings. The van der Waals surface area contributed by atoms with E-state index in [0.717, 1.165) is 31.7 Å². The zero-order valence-electron chi connectivity index (χ0n) is 13.5. The van der Waals surface area contributed by atoms with Gasteiger partial charge >= 0.3 is 0 Å². The van der Waals surface area contributed by atoms with Crippen LogP contribution < -0.4 is 5.73 Å². The van der Waals surface area contributed by atoms with Crippen LogP contribution in [0.2, 0.25) is 0 Å². The number of hydrogen-bond donors (Lipinski definition) is 2. The van der Waals surface area contributed by atoms with Gasteiger partial charge in [0.05, 0.1) is 11.6 Å². The summed E-state index contributed by atoms with van der Waals surface area (Å²) in [6.45, 7) is 7.71. The Hall–Kier alpha value is -1.43. The Morgan fingerprint density at radius 3 is 2.36 bits per heavy atom. The van der Waals surface area contributed by atoms with Gasteiger partial charge in [-0.05, 0) is 25.8 Å². The highest BCUT2D eigenvalue weighted by atomic mass is 16.3. The summed E-state index contributed by atoms with van der Waals surface area (Å²) in [4.78, 5) is 15.9. The normalized spacial score (nSPS) is 19.0. The molecule has 1 atom stereocenters. The van der Waals surface area contributed by atoms with Gasteiger partial charge in [-0.1, -0.05) is 30.3 Å². The number of aliphatic hydroxyl groups is 1. The highest BCUT2D eigenvalue weighted by Crippen LogP contribution is 2.17. The van der Waals surface area contributed by atoms with Crippen LogP contribution in [0.25, 0.3) is 0 Å². The van der Waals surface area contributed by atoms with Crippen LogP contribution in [0.5, 0.6) is 0 Å². The van der Waals surface area contributed by atoms with Crippen molar-refractivity contribution in [1.82, 2.24) is 9.80 Å². The number of carbonyl (C=O) groups excluding carboxylic acids is 1. The number of benzene rings is 1. The monoisotopic (exact) mass is 305 g/mol. The van der Waals surface area contributed by atoms with E-state index in [0.29, 0.717) is 13.0 Å². The first-order valence-corrected chi connectivity index (χ1v) is 7.89. The van der Waals surface area contributed by atoms with Crippen LogP contribution >= 0.6 is 0 Å². The van der Waals surface area contributed by atoms with Gasteiger partial charge in [-0.25, -0.2) is 0 Å². The summed E-state index contributed by atoms with van der Waals surface area (Å²) < 4.78 is 0. The lowest BCUT2D eigenvalue weighted by Crippen LogP contribution is -2.60. The lowest BCUT2D eigenvalue weighted by Gasteiger charge is -2.42. The van der Waals surface area contributed by atoms with Crippen molar-refractivity contribution in [2.24, 2.45) is 5.73 Å². The summed E-state index contributed by atoms with van der Waals surface area (Å²) in [6, 6.07) is 10.0. The number of amides is 1. The Kier molecular flexibility index (Phi) is 5.56. The fourth-order valence-corrected chi connectivity index (χ4v) is 2.89. The summed E-state index contributed by atoms with van der Waals surface area (Å²) in [5.74, 6) is -0.287. The molecule has 2 rings (SSSR count). The van der Waals surface area contributed by atoms with Crippen LogP contribution in [0, 0.1) is 0 Å². The van der Waals surface area contributed by atoms with Crippen LogP contribution in [-0.2, 0) is 11.2 Å². The van der Waals surface area contributed by atoms with E-state index in [1.165, 1.54) is 0 Å². The Morgan fingerprint density at radius 1 is 1.23 bits per heavy atom. The molecule has 0 aromatic heterocycles. The second kappa shape index (κ2) is 7.22. The number of β-amino-alcohol motifs (C(OH)–C–C–N with tert-alkyl or cyclic N) is 1. The van der Waals surface area contributed by atoms with Crippen molar-refractivity contribution in [2.45, 2.75) is 31.9 Å². The molecule has 1 unspecified atom stereocenters. The van der Waals surface area contributed by atoms with E-state index in [4.69, 9.17) is 5.73 Å². The lowest BCUT2D eigenvalue weighted by atomic mass is 10.0. The van der Waals surface area contributed by atoms with Crippen molar-refractivity contribution in [1.29, 1.82) is 0 Å². The average molecular weight is 305 g/mol. The molecule has 0 spiro atoms. The zero-order chi connectivity index (χ0) is 16.2. The number of rotatable bonds is 6. The minimum atomic E-state index is -0.602. The fraction of sp³-hybridized carbons (Fsp3) is 0.588. The molecule has 5 heteroatoms. The lowest BCUT2D eigenvalue weighted by molar-refractivity contribution is -0.129. The van der Waals surface area contributed by atoms with Gasteiger partial charge < -0.3 is 10.8 Å². The van der Waals surface area contributed by atoms with Crippen molar-refractivity contribution in [3.05, 3.63) is 35.9 Å². The molecule has 0 saturated carbocycles. The molecule has 0 bridgehead atoms. The van der Waals surface area contributed by atoms with Gasteiger partial charge in [0.1, 0.15) is 0 Å². The van der Waals surface area contributed by atoms with Crippen molar-refractivity contribution in [2.75, 3.05) is 32.7 Å². The van der Waals surface area contributed by atoms with Gasteiger partial charge in [-0.3, -0.25) is 14.6 Å². The van der Waals surface area contributed by atoms with E-state index in [9.17, 15) is 9.90 Å². The maximum absolute atomic E-state index is 11.5. The van der Waals surface area contributed by atoms with Crippen LogP contribution in [-0.4, -0.2) is 65.2 Å². The number of hydrogen-bond acceptors (Lipinski definition) is 4. The van der Waals surface area contributed by atoms with Gasteiger partial charge in [0.15, 0.2) is 0 Å². The first-order valence-electron chi connectivity index (χ1n) is 7.89. The molecule has 22 heavy (non-hydrogen) atoms. The summed E-state index contributed by atoms with van der Waals surface area (Å²) in [6.07, 6.45) is 0.312. The number of nitrogens with two attached hydrogens (primary N) is 1. The second-order valence-electron chi connectivity index (χ2n) is 6.55. The van der Waals surface area contributed by atoms with Crippen molar-refractivity contribution in [3.63, 3.8) is 0 Å². The molecule has 3 N–H and O–H groups in total. The summed E-state index contributed by atoms with van der Waals surface area (Å²) in [7, 11) is 0. The maximum Gasteiger partial charge on any atom is 0.237 e. The predicted molar refractivity (Wildman–Crippen MR) is 87.4 cm³/mol. The summed E-state index contributed by atoms with van der Waals surface area (Å²) >= 11 is 0. The quantitative estimate of drug-likeness (QED) is 0.802. The van der Waals surface area contributed by atoms with Crippen LogP contribution in [0.3, 0.4) is 0 Å². The minimum absolute atomic E-state index is 0.287. The second-order valence-corrected chi connectivity index (χ2v) is 6.55. The molecular weight excluding hydrogens is 278 g/mol. The van der Waals surface area contributed by atoms with Crippen molar-refractivity contribution in [3.8, 4) is 0 Å². The highest BCUT2D eigenvalue weighted by molar-refractivity contribution is 5.83. The topological polar surface area (TPSA) is 69.8 Å². The fourth-order valence-electron chi connectivity index (χ4n) is 2.89. The minimum Gasteiger partial charge on any atom is -0.391 e. The van der Waals surface area contributed by atoms with Crippen LogP contribution in [0.4, 0.5) is 0 Å². The van der Waals surface area contributed by atoms with Gasteiger partial charge in [0.2, 0.25) is 5.91 Å². The largest absolute Gasteiger partial charge is 0.391 e. The predicted octanol–water partition coefficient (Wildman–Crippen LogP) is 0.472. The number of piperazine rings is 1. The third-order valence-corrected chi connectivity index (χ3v) is 4.55. The Labute approximate surface area is 132 Å². The van der Waals surface area contributed by atoms with E-state index >= 15 is 0 Å². The van der Waals surface area contributed by atoms with Crippen LogP contribution in [0.15, 0.2) is 30.3 Å². The first-order chi connectivity index (χ1) is 10.4. The number of carbonyl (C=O) groups is 1. The summed E-state index contributed by atoms with van der Waals surface area (Å²) in [5, 5.41) is 10.2. The standard InChI is InChI=1S/C17H27N3O2/c1-17(2,16(18)22)20-10-8-19(9-11-20)13-15(21)12-14-6-4-3-5-7-14/h3-7,15,21H,8-13H2,1-2H3,(H2,18,22). The Morgan fingerprint density at radius 2 is 1.82 bits per heavy atom. The SMILES string of the molecule is CC(C)(C(N)=O)N1CCN(CC(O)Cc2ccccc2)CC1. The van der Waals surface area contributed by atoms with Crippen LogP contribution in [0.1, 0.15) is 19.4 Å². The van der Waals surface area contributed by atoms with E-state index in [2.05, 4.69) is 9.80 Å². The maximum atomic E-state index is 11.5. The van der Waals surface area contributed by atoms with E-state index in [1.54, 1.807) is 0 Å². The van der Waals surface area contributed by atoms with Crippen molar-refractivity contribution < 1.29 is 9.90 Å². The van der Waals surface area contributed by atoms with E-state index in [1.807, 2.05) is 44.2 Å². The molecule has 0 radical (unpaired) electrons. The van der Waals surface area contributed by atoms with E-state index < -0.39 is 5.54 Å². The molecule has 1 aliphatic heterocycles. The molecular formula is C17H27N3O2. The first kappa shape index (κ1) is 16.9. The molecule has 1 saturated heterocycles. The third-order valence-electron chi connectivity index (χ3n) is 4.55. The molecule has 122 valence electrons. The molecule has 1 fully saturated rings. The zero-order valence-corrected chi connectivity index (χ0v) is 13.5. The van der Waals surface area contributed by atoms with Gasteiger partial charge in [-0.2, -0.15) is 0 Å².